The van der Waals surface area contributed by atoms with E-state index in [1.54, 1.807) is 12.1 Å². The number of morpholine rings is 1. The average Bonchev–Trinajstić information content (AvgIpc) is 3.04. The van der Waals surface area contributed by atoms with Crippen molar-refractivity contribution < 1.29 is 13.9 Å². The van der Waals surface area contributed by atoms with Crippen LogP contribution < -0.4 is 0 Å². The molecule has 1 saturated heterocycles. The van der Waals surface area contributed by atoms with E-state index in [1.807, 2.05) is 30.9 Å². The van der Waals surface area contributed by atoms with Crippen molar-refractivity contribution in [3.05, 3.63) is 29.3 Å². The fourth-order valence-corrected chi connectivity index (χ4v) is 3.21. The average molecular weight is 368 g/mol. The number of halogens is 1. The molecule has 1 fully saturated rings. The number of hydrogen-bond donors (Lipinski definition) is 0. The van der Waals surface area contributed by atoms with Gasteiger partial charge in [-0.2, -0.15) is 0 Å². The quantitative estimate of drug-likeness (QED) is 0.773. The van der Waals surface area contributed by atoms with E-state index in [2.05, 4.69) is 10.2 Å². The number of benzene rings is 1. The summed E-state index contributed by atoms with van der Waals surface area (Å²) >= 11 is 7.11. The number of carbonyl (C=O) groups excluding carboxylic acids is 1. The van der Waals surface area contributed by atoms with Gasteiger partial charge in [0.2, 0.25) is 11.8 Å². The highest BCUT2D eigenvalue weighted by atomic mass is 35.5. The van der Waals surface area contributed by atoms with Gasteiger partial charge in [-0.05, 0) is 38.1 Å². The number of nitrogens with zero attached hydrogens (tertiary/aromatic N) is 3. The summed E-state index contributed by atoms with van der Waals surface area (Å²) in [6.07, 6.45) is 0.0649. The van der Waals surface area contributed by atoms with Crippen LogP contribution >= 0.6 is 23.4 Å². The van der Waals surface area contributed by atoms with Crippen molar-refractivity contribution in [3.8, 4) is 11.5 Å². The van der Waals surface area contributed by atoms with Gasteiger partial charge in [-0.1, -0.05) is 23.4 Å². The van der Waals surface area contributed by atoms with Crippen LogP contribution in [0.4, 0.5) is 0 Å². The molecule has 128 valence electrons. The van der Waals surface area contributed by atoms with E-state index in [1.165, 1.54) is 11.8 Å². The monoisotopic (exact) mass is 367 g/mol. The third-order valence-electron chi connectivity index (χ3n) is 3.74. The molecule has 0 spiro atoms. The van der Waals surface area contributed by atoms with Gasteiger partial charge in [-0.15, -0.1) is 10.2 Å². The van der Waals surface area contributed by atoms with Gasteiger partial charge < -0.3 is 14.1 Å². The van der Waals surface area contributed by atoms with E-state index in [-0.39, 0.29) is 23.8 Å². The highest BCUT2D eigenvalue weighted by molar-refractivity contribution is 7.99. The highest BCUT2D eigenvalue weighted by Gasteiger charge is 2.27. The molecule has 6 nitrogen and oxygen atoms in total. The predicted molar refractivity (Wildman–Crippen MR) is 92.1 cm³/mol. The van der Waals surface area contributed by atoms with Gasteiger partial charge >= 0.3 is 0 Å². The van der Waals surface area contributed by atoms with Crippen molar-refractivity contribution in [1.29, 1.82) is 0 Å². The lowest BCUT2D eigenvalue weighted by molar-refractivity contribution is -0.140. The molecule has 24 heavy (non-hydrogen) atoms. The second-order valence-electron chi connectivity index (χ2n) is 5.71. The van der Waals surface area contributed by atoms with Gasteiger partial charge in [0.05, 0.1) is 24.5 Å². The Kier molecular flexibility index (Phi) is 5.43. The second kappa shape index (κ2) is 7.55. The molecule has 2 unspecified atom stereocenters. The molecule has 0 bridgehead atoms. The van der Waals surface area contributed by atoms with Crippen molar-refractivity contribution in [3.63, 3.8) is 0 Å². The van der Waals surface area contributed by atoms with Crippen LogP contribution in [-0.2, 0) is 9.53 Å². The maximum absolute atomic E-state index is 12.4. The summed E-state index contributed by atoms with van der Waals surface area (Å²) in [4.78, 5) is 14.2. The third-order valence-corrected chi connectivity index (χ3v) is 4.80. The summed E-state index contributed by atoms with van der Waals surface area (Å²) < 4.78 is 11.1. The minimum atomic E-state index is 0.0499. The third kappa shape index (κ3) is 4.09. The van der Waals surface area contributed by atoms with Crippen molar-refractivity contribution in [2.45, 2.75) is 31.2 Å². The largest absolute Gasteiger partial charge is 0.411 e. The van der Waals surface area contributed by atoms with Gasteiger partial charge in [0.25, 0.3) is 5.22 Å². The molecule has 1 aromatic carbocycles. The Labute approximate surface area is 149 Å². The Morgan fingerprint density at radius 2 is 2.08 bits per heavy atom. The van der Waals surface area contributed by atoms with E-state index in [9.17, 15) is 4.79 Å². The molecule has 0 radical (unpaired) electrons. The van der Waals surface area contributed by atoms with Crippen LogP contribution in [0.5, 0.6) is 0 Å². The summed E-state index contributed by atoms with van der Waals surface area (Å²) in [5.74, 6) is 0.725. The molecule has 1 aromatic heterocycles. The predicted octanol–water partition coefficient (Wildman–Crippen LogP) is 3.12. The molecular weight excluding hydrogens is 350 g/mol. The summed E-state index contributed by atoms with van der Waals surface area (Å²) in [6, 6.07) is 7.23. The summed E-state index contributed by atoms with van der Waals surface area (Å²) in [5.41, 5.74) is 0.792. The Morgan fingerprint density at radius 1 is 1.33 bits per heavy atom. The van der Waals surface area contributed by atoms with Crippen LogP contribution in [0, 0.1) is 0 Å². The maximum Gasteiger partial charge on any atom is 0.277 e. The lowest BCUT2D eigenvalue weighted by Crippen LogP contribution is -2.50. The normalized spacial score (nSPS) is 21.0. The van der Waals surface area contributed by atoms with Crippen LogP contribution in [0.3, 0.4) is 0 Å². The molecule has 2 aromatic rings. The number of aromatic nitrogens is 2. The molecule has 1 aliphatic heterocycles. The minimum Gasteiger partial charge on any atom is -0.411 e. The molecule has 2 heterocycles. The van der Waals surface area contributed by atoms with Gasteiger partial charge in [0.1, 0.15) is 0 Å². The smallest absolute Gasteiger partial charge is 0.277 e. The van der Waals surface area contributed by atoms with Gasteiger partial charge in [0.15, 0.2) is 0 Å². The zero-order valence-electron chi connectivity index (χ0n) is 13.4. The number of carbonyl (C=O) groups is 1. The topological polar surface area (TPSA) is 68.5 Å². The molecule has 2 atom stereocenters. The summed E-state index contributed by atoms with van der Waals surface area (Å²) in [7, 11) is 0. The Bertz CT molecular complexity index is 707. The number of thioether (sulfide) groups is 1. The summed E-state index contributed by atoms with van der Waals surface area (Å²) in [5, 5.41) is 9.01. The second-order valence-corrected chi connectivity index (χ2v) is 7.07. The number of hydrogen-bond acceptors (Lipinski definition) is 6. The van der Waals surface area contributed by atoms with Gasteiger partial charge in [0, 0.05) is 17.1 Å². The van der Waals surface area contributed by atoms with Crippen LogP contribution in [0.1, 0.15) is 13.8 Å². The Hall–Kier alpha value is -1.57. The molecule has 8 heteroatoms. The SMILES string of the molecule is CC1CN(C(=O)CSc2nnc(-c3ccc(Cl)cc3)o2)C(C)CO1. The highest BCUT2D eigenvalue weighted by Crippen LogP contribution is 2.25. The van der Waals surface area contributed by atoms with E-state index in [4.69, 9.17) is 20.8 Å². The first-order chi connectivity index (χ1) is 11.5. The van der Waals surface area contributed by atoms with Crippen molar-refractivity contribution in [2.75, 3.05) is 18.9 Å². The number of rotatable bonds is 4. The Morgan fingerprint density at radius 3 is 2.83 bits per heavy atom. The van der Waals surface area contributed by atoms with E-state index in [0.717, 1.165) is 5.56 Å². The fourth-order valence-electron chi connectivity index (χ4n) is 2.43. The van der Waals surface area contributed by atoms with Gasteiger partial charge in [-0.3, -0.25) is 4.79 Å². The zero-order valence-corrected chi connectivity index (χ0v) is 15.0. The molecule has 1 amide bonds. The standard InChI is InChI=1S/C16H18ClN3O3S/c1-10-8-22-11(2)7-20(10)14(21)9-24-16-19-18-15(23-16)12-3-5-13(17)6-4-12/h3-6,10-11H,7-9H2,1-2H3. The molecular formula is C16H18ClN3O3S. The summed E-state index contributed by atoms with van der Waals surface area (Å²) in [6.45, 7) is 5.13. The molecule has 3 rings (SSSR count). The van der Waals surface area contributed by atoms with Crippen LogP contribution in [0.2, 0.25) is 5.02 Å². The van der Waals surface area contributed by atoms with Gasteiger partial charge in [-0.25, -0.2) is 0 Å². The Balaban J connectivity index is 1.59. The first-order valence-electron chi connectivity index (χ1n) is 7.66. The number of amides is 1. The molecule has 0 N–H and O–H groups in total. The lowest BCUT2D eigenvalue weighted by Gasteiger charge is -2.36. The van der Waals surface area contributed by atoms with Crippen LogP contribution in [0.15, 0.2) is 33.9 Å². The fraction of sp³-hybridized carbons (Fsp3) is 0.438. The van der Waals surface area contributed by atoms with Crippen LogP contribution in [0.25, 0.3) is 11.5 Å². The van der Waals surface area contributed by atoms with Crippen molar-refractivity contribution >= 4 is 29.3 Å². The van der Waals surface area contributed by atoms with Crippen molar-refractivity contribution in [1.82, 2.24) is 15.1 Å². The van der Waals surface area contributed by atoms with Crippen molar-refractivity contribution in [2.24, 2.45) is 0 Å². The van der Waals surface area contributed by atoms with Crippen LogP contribution in [-0.4, -0.2) is 52.1 Å². The van der Waals surface area contributed by atoms with E-state index < -0.39 is 0 Å². The number of ether oxygens (including phenoxy) is 1. The first kappa shape index (κ1) is 17.3. The minimum absolute atomic E-state index is 0.0499. The zero-order chi connectivity index (χ0) is 17.1. The maximum atomic E-state index is 12.4. The molecule has 1 aliphatic rings. The molecule has 0 saturated carbocycles. The first-order valence-corrected chi connectivity index (χ1v) is 9.02. The molecule has 0 aliphatic carbocycles. The lowest BCUT2D eigenvalue weighted by atomic mass is 10.2. The van der Waals surface area contributed by atoms with E-state index >= 15 is 0 Å². The van der Waals surface area contributed by atoms with E-state index in [0.29, 0.717) is 29.3 Å².